The molecule has 0 radical (unpaired) electrons. The zero-order valence-electron chi connectivity index (χ0n) is 13.5. The van der Waals surface area contributed by atoms with Gasteiger partial charge < -0.3 is 14.9 Å². The number of benzene rings is 1. The third-order valence-corrected chi connectivity index (χ3v) is 6.11. The van der Waals surface area contributed by atoms with Crippen LogP contribution in [0.2, 0.25) is 0 Å². The Morgan fingerprint density at radius 1 is 1.04 bits per heavy atom. The molecule has 124 valence electrons. The predicted octanol–water partition coefficient (Wildman–Crippen LogP) is 4.18. The van der Waals surface area contributed by atoms with Gasteiger partial charge in [0.25, 0.3) is 0 Å². The standard InChI is InChI=1S/C19H25BrN2O/c20-16-11-9-15(10-12-16)19(23)14-21-13-5-4-8-18(21)22(19)17-6-2-1-3-7-17/h8-12,17,23H,1-7,13-14H2/t19-/m0/s1. The fraction of sp³-hybridized carbons (Fsp3) is 0.579. The Kier molecular flexibility index (Phi) is 4.14. The molecule has 0 unspecified atom stereocenters. The van der Waals surface area contributed by atoms with Gasteiger partial charge >= 0.3 is 0 Å². The summed E-state index contributed by atoms with van der Waals surface area (Å²) in [5.41, 5.74) is 0.125. The van der Waals surface area contributed by atoms with Crippen LogP contribution in [0, 0.1) is 0 Å². The summed E-state index contributed by atoms with van der Waals surface area (Å²) in [6.45, 7) is 1.75. The van der Waals surface area contributed by atoms with Gasteiger partial charge in [0.05, 0.1) is 6.54 Å². The first-order valence-corrected chi connectivity index (χ1v) is 9.71. The highest BCUT2D eigenvalue weighted by Crippen LogP contribution is 2.44. The molecule has 2 heterocycles. The maximum Gasteiger partial charge on any atom is 0.183 e. The summed E-state index contributed by atoms with van der Waals surface area (Å²) in [4.78, 5) is 4.74. The van der Waals surface area contributed by atoms with E-state index in [9.17, 15) is 5.11 Å². The molecular formula is C19H25BrN2O. The second-order valence-electron chi connectivity index (χ2n) is 7.11. The number of nitrogens with zero attached hydrogens (tertiary/aromatic N) is 2. The number of halogens is 1. The molecule has 2 aliphatic heterocycles. The van der Waals surface area contributed by atoms with Gasteiger partial charge in [-0.3, -0.25) is 0 Å². The summed E-state index contributed by atoms with van der Waals surface area (Å²) in [5.74, 6) is 1.27. The lowest BCUT2D eigenvalue weighted by Crippen LogP contribution is -2.48. The van der Waals surface area contributed by atoms with E-state index in [0.717, 1.165) is 23.0 Å². The molecule has 1 N–H and O–H groups in total. The van der Waals surface area contributed by atoms with Gasteiger partial charge in [-0.25, -0.2) is 0 Å². The average Bonchev–Trinajstić information content (AvgIpc) is 2.89. The van der Waals surface area contributed by atoms with Crippen LogP contribution in [0.3, 0.4) is 0 Å². The number of fused-ring (bicyclic) bond motifs is 1. The van der Waals surface area contributed by atoms with Crippen LogP contribution in [0.25, 0.3) is 0 Å². The molecule has 1 aromatic rings. The molecule has 0 spiro atoms. The fourth-order valence-electron chi connectivity index (χ4n) is 4.48. The zero-order valence-corrected chi connectivity index (χ0v) is 15.1. The molecule has 3 aliphatic rings. The Labute approximate surface area is 147 Å². The Morgan fingerprint density at radius 2 is 1.78 bits per heavy atom. The van der Waals surface area contributed by atoms with Crippen LogP contribution >= 0.6 is 15.9 Å². The van der Waals surface area contributed by atoms with Crippen molar-refractivity contribution in [1.82, 2.24) is 9.80 Å². The van der Waals surface area contributed by atoms with Gasteiger partial charge in [0.1, 0.15) is 5.82 Å². The fourth-order valence-corrected chi connectivity index (χ4v) is 4.74. The van der Waals surface area contributed by atoms with Crippen molar-refractivity contribution in [3.63, 3.8) is 0 Å². The van der Waals surface area contributed by atoms with Gasteiger partial charge in [-0.05, 0) is 43.9 Å². The highest BCUT2D eigenvalue weighted by Gasteiger charge is 2.50. The van der Waals surface area contributed by atoms with Crippen LogP contribution in [0.15, 0.2) is 40.6 Å². The van der Waals surface area contributed by atoms with Gasteiger partial charge in [-0.15, -0.1) is 0 Å². The first kappa shape index (κ1) is 15.5. The van der Waals surface area contributed by atoms with Crippen molar-refractivity contribution in [2.75, 3.05) is 13.1 Å². The van der Waals surface area contributed by atoms with Crippen molar-refractivity contribution >= 4 is 15.9 Å². The molecule has 1 saturated carbocycles. The zero-order chi connectivity index (χ0) is 15.9. The SMILES string of the molecule is O[C@]1(c2ccc(Br)cc2)CN2CCCC=C2N1C1CCCCC1. The summed E-state index contributed by atoms with van der Waals surface area (Å²) in [6, 6.07) is 8.68. The van der Waals surface area contributed by atoms with Crippen molar-refractivity contribution < 1.29 is 5.11 Å². The van der Waals surface area contributed by atoms with Gasteiger partial charge in [-0.1, -0.05) is 47.3 Å². The van der Waals surface area contributed by atoms with E-state index < -0.39 is 5.72 Å². The van der Waals surface area contributed by atoms with Crippen LogP contribution < -0.4 is 0 Å². The second-order valence-corrected chi connectivity index (χ2v) is 8.03. The summed E-state index contributed by atoms with van der Waals surface area (Å²) in [6.07, 6.45) is 11.0. The number of aliphatic hydroxyl groups is 1. The minimum atomic E-state index is -0.890. The minimum absolute atomic E-state index is 0.465. The number of hydrogen-bond donors (Lipinski definition) is 1. The van der Waals surface area contributed by atoms with Gasteiger partial charge in [0.15, 0.2) is 5.72 Å². The smallest absolute Gasteiger partial charge is 0.183 e. The number of hydrogen-bond acceptors (Lipinski definition) is 3. The molecule has 0 amide bonds. The Hall–Kier alpha value is -1.00. The van der Waals surface area contributed by atoms with E-state index in [0.29, 0.717) is 12.6 Å². The Bertz CT molecular complexity index is 594. The van der Waals surface area contributed by atoms with E-state index in [1.165, 1.54) is 44.3 Å². The van der Waals surface area contributed by atoms with Crippen LogP contribution in [0.4, 0.5) is 0 Å². The van der Waals surface area contributed by atoms with E-state index >= 15 is 0 Å². The highest BCUT2D eigenvalue weighted by atomic mass is 79.9. The molecule has 0 aromatic heterocycles. The largest absolute Gasteiger partial charge is 0.365 e. The monoisotopic (exact) mass is 376 g/mol. The van der Waals surface area contributed by atoms with Crippen molar-refractivity contribution in [1.29, 1.82) is 0 Å². The lowest BCUT2D eigenvalue weighted by Gasteiger charge is -2.42. The van der Waals surface area contributed by atoms with E-state index in [1.54, 1.807) is 0 Å². The van der Waals surface area contributed by atoms with E-state index in [-0.39, 0.29) is 0 Å². The van der Waals surface area contributed by atoms with Gasteiger partial charge in [-0.2, -0.15) is 0 Å². The molecule has 1 aromatic carbocycles. The van der Waals surface area contributed by atoms with Crippen molar-refractivity contribution in [3.05, 3.63) is 46.2 Å². The lowest BCUT2D eigenvalue weighted by atomic mass is 9.91. The third kappa shape index (κ3) is 2.70. The maximum absolute atomic E-state index is 11.7. The Balaban J connectivity index is 1.74. The Morgan fingerprint density at radius 3 is 2.52 bits per heavy atom. The average molecular weight is 377 g/mol. The van der Waals surface area contributed by atoms with Crippen LogP contribution in [0.5, 0.6) is 0 Å². The van der Waals surface area contributed by atoms with Crippen molar-refractivity contribution in [2.45, 2.75) is 56.7 Å². The summed E-state index contributed by atoms with van der Waals surface area (Å²) in [7, 11) is 0. The molecule has 23 heavy (non-hydrogen) atoms. The quantitative estimate of drug-likeness (QED) is 0.838. The summed E-state index contributed by atoms with van der Waals surface area (Å²) in [5, 5.41) is 11.7. The number of rotatable bonds is 2. The van der Waals surface area contributed by atoms with Crippen LogP contribution in [-0.4, -0.2) is 34.0 Å². The van der Waals surface area contributed by atoms with Crippen molar-refractivity contribution in [3.8, 4) is 0 Å². The minimum Gasteiger partial charge on any atom is -0.365 e. The van der Waals surface area contributed by atoms with E-state index in [2.05, 4.69) is 43.9 Å². The normalized spacial score (nSPS) is 28.7. The topological polar surface area (TPSA) is 26.7 Å². The predicted molar refractivity (Wildman–Crippen MR) is 95.6 cm³/mol. The van der Waals surface area contributed by atoms with E-state index in [4.69, 9.17) is 0 Å². The first-order valence-electron chi connectivity index (χ1n) is 8.91. The molecule has 4 heteroatoms. The number of allylic oxidation sites excluding steroid dienone is 1. The van der Waals surface area contributed by atoms with Crippen molar-refractivity contribution in [2.24, 2.45) is 0 Å². The third-order valence-electron chi connectivity index (χ3n) is 5.59. The lowest BCUT2D eigenvalue weighted by molar-refractivity contribution is -0.0928. The molecule has 1 saturated heterocycles. The van der Waals surface area contributed by atoms with Gasteiger partial charge in [0, 0.05) is 22.6 Å². The summed E-state index contributed by atoms with van der Waals surface area (Å²) >= 11 is 3.51. The molecule has 1 atom stereocenters. The van der Waals surface area contributed by atoms with Crippen LogP contribution in [-0.2, 0) is 5.72 Å². The molecule has 4 rings (SSSR count). The molecule has 2 fully saturated rings. The van der Waals surface area contributed by atoms with E-state index in [1.807, 2.05) is 12.1 Å². The second kappa shape index (κ2) is 6.14. The highest BCUT2D eigenvalue weighted by molar-refractivity contribution is 9.10. The van der Waals surface area contributed by atoms with Crippen LogP contribution in [0.1, 0.15) is 50.5 Å². The summed E-state index contributed by atoms with van der Waals surface area (Å²) < 4.78 is 1.06. The molecule has 1 aliphatic carbocycles. The molecule has 3 nitrogen and oxygen atoms in total. The molecule has 0 bridgehead atoms. The van der Waals surface area contributed by atoms with Gasteiger partial charge in [0.2, 0.25) is 0 Å². The maximum atomic E-state index is 11.7. The first-order chi connectivity index (χ1) is 11.2. The molecular weight excluding hydrogens is 352 g/mol.